The smallest absolute Gasteiger partial charge is 0.277 e. The monoisotopic (exact) mass is 325 g/mol. The molecule has 0 radical (unpaired) electrons. The highest BCUT2D eigenvalue weighted by atomic mass is 35.5. The van der Waals surface area contributed by atoms with Crippen molar-refractivity contribution < 1.29 is 9.21 Å². The summed E-state index contributed by atoms with van der Waals surface area (Å²) in [6.07, 6.45) is 0. The van der Waals surface area contributed by atoms with Gasteiger partial charge in [-0.3, -0.25) is 4.79 Å². The standard InChI is InChI=1S/C14H16ClN3O2S/c1-9(2)13-17-18-14(20-13)21-8-12(19)16-7-10-3-5-11(15)6-4-10/h3-6,9H,7-8H2,1-2H3,(H,16,19). The molecule has 2 rings (SSSR count). The van der Waals surface area contributed by atoms with Gasteiger partial charge in [0.2, 0.25) is 11.8 Å². The zero-order valence-electron chi connectivity index (χ0n) is 11.8. The highest BCUT2D eigenvalue weighted by molar-refractivity contribution is 7.99. The molecule has 1 aromatic heterocycles. The number of rotatable bonds is 6. The minimum Gasteiger partial charge on any atom is -0.416 e. The fourth-order valence-corrected chi connectivity index (χ4v) is 2.22. The lowest BCUT2D eigenvalue weighted by atomic mass is 10.2. The number of hydrogen-bond donors (Lipinski definition) is 1. The molecule has 0 aliphatic rings. The third-order valence-corrected chi connectivity index (χ3v) is 3.72. The van der Waals surface area contributed by atoms with E-state index in [-0.39, 0.29) is 17.6 Å². The van der Waals surface area contributed by atoms with Crippen molar-refractivity contribution in [2.75, 3.05) is 5.75 Å². The van der Waals surface area contributed by atoms with E-state index in [0.29, 0.717) is 22.7 Å². The molecule has 0 saturated heterocycles. The molecular formula is C14H16ClN3O2S. The molecule has 0 atom stereocenters. The fourth-order valence-electron chi connectivity index (χ4n) is 1.49. The minimum absolute atomic E-state index is 0.0840. The Bertz CT molecular complexity index is 599. The number of aromatic nitrogens is 2. The van der Waals surface area contributed by atoms with Gasteiger partial charge in [-0.15, -0.1) is 10.2 Å². The highest BCUT2D eigenvalue weighted by Gasteiger charge is 2.11. The van der Waals surface area contributed by atoms with E-state index in [2.05, 4.69) is 15.5 Å². The average Bonchev–Trinajstić information content (AvgIpc) is 2.93. The first-order valence-corrected chi connectivity index (χ1v) is 7.88. The molecule has 0 saturated carbocycles. The van der Waals surface area contributed by atoms with Crippen molar-refractivity contribution in [3.05, 3.63) is 40.7 Å². The van der Waals surface area contributed by atoms with Crippen LogP contribution in [0.2, 0.25) is 5.02 Å². The van der Waals surface area contributed by atoms with Crippen LogP contribution in [0.25, 0.3) is 0 Å². The van der Waals surface area contributed by atoms with Gasteiger partial charge in [0.25, 0.3) is 5.22 Å². The zero-order valence-corrected chi connectivity index (χ0v) is 13.4. The zero-order chi connectivity index (χ0) is 15.2. The third-order valence-electron chi connectivity index (χ3n) is 2.65. The van der Waals surface area contributed by atoms with Crippen LogP contribution in [0.5, 0.6) is 0 Å². The minimum atomic E-state index is -0.0840. The molecule has 1 amide bonds. The molecule has 1 aromatic carbocycles. The van der Waals surface area contributed by atoms with Crippen LogP contribution in [0.1, 0.15) is 31.2 Å². The number of nitrogens with zero attached hydrogens (tertiary/aromatic N) is 2. The van der Waals surface area contributed by atoms with Crippen molar-refractivity contribution in [1.82, 2.24) is 15.5 Å². The van der Waals surface area contributed by atoms with Crippen molar-refractivity contribution in [3.8, 4) is 0 Å². The van der Waals surface area contributed by atoms with Crippen molar-refractivity contribution in [3.63, 3.8) is 0 Å². The second-order valence-corrected chi connectivity index (χ2v) is 6.12. The average molecular weight is 326 g/mol. The molecule has 2 aromatic rings. The Morgan fingerprint density at radius 3 is 2.67 bits per heavy atom. The number of thioether (sulfide) groups is 1. The lowest BCUT2D eigenvalue weighted by Crippen LogP contribution is -2.24. The molecule has 0 aliphatic carbocycles. The van der Waals surface area contributed by atoms with E-state index in [0.717, 1.165) is 5.56 Å². The van der Waals surface area contributed by atoms with Crippen LogP contribution in [0.4, 0.5) is 0 Å². The van der Waals surface area contributed by atoms with Crippen molar-refractivity contribution >= 4 is 29.3 Å². The van der Waals surface area contributed by atoms with E-state index in [1.807, 2.05) is 26.0 Å². The molecular weight excluding hydrogens is 310 g/mol. The maximum absolute atomic E-state index is 11.7. The van der Waals surface area contributed by atoms with E-state index in [1.165, 1.54) is 11.8 Å². The van der Waals surface area contributed by atoms with E-state index in [9.17, 15) is 4.79 Å². The second kappa shape index (κ2) is 7.47. The van der Waals surface area contributed by atoms with Crippen molar-refractivity contribution in [2.45, 2.75) is 31.5 Å². The Hall–Kier alpha value is -1.53. The van der Waals surface area contributed by atoms with Gasteiger partial charge in [0.15, 0.2) is 0 Å². The van der Waals surface area contributed by atoms with Crippen LogP contribution in [0.15, 0.2) is 33.9 Å². The van der Waals surface area contributed by atoms with Gasteiger partial charge in [-0.2, -0.15) is 0 Å². The molecule has 1 N–H and O–H groups in total. The van der Waals surface area contributed by atoms with Crippen molar-refractivity contribution in [2.24, 2.45) is 0 Å². The summed E-state index contributed by atoms with van der Waals surface area (Å²) in [5.74, 6) is 0.928. The molecule has 7 heteroatoms. The molecule has 0 aliphatic heterocycles. The Morgan fingerprint density at radius 1 is 1.33 bits per heavy atom. The number of amides is 1. The molecule has 0 fully saturated rings. The molecule has 21 heavy (non-hydrogen) atoms. The Labute approximate surface area is 132 Å². The largest absolute Gasteiger partial charge is 0.416 e. The molecule has 1 heterocycles. The van der Waals surface area contributed by atoms with Crippen LogP contribution in [-0.4, -0.2) is 21.9 Å². The summed E-state index contributed by atoms with van der Waals surface area (Å²) in [4.78, 5) is 11.7. The van der Waals surface area contributed by atoms with Gasteiger partial charge in [0.05, 0.1) is 5.75 Å². The van der Waals surface area contributed by atoms with Gasteiger partial charge < -0.3 is 9.73 Å². The van der Waals surface area contributed by atoms with Gasteiger partial charge in [-0.25, -0.2) is 0 Å². The first kappa shape index (κ1) is 15.9. The summed E-state index contributed by atoms with van der Waals surface area (Å²) in [5.41, 5.74) is 0.998. The Morgan fingerprint density at radius 2 is 2.05 bits per heavy atom. The first-order valence-electron chi connectivity index (χ1n) is 6.52. The summed E-state index contributed by atoms with van der Waals surface area (Å²) >= 11 is 7.03. The van der Waals surface area contributed by atoms with E-state index in [1.54, 1.807) is 12.1 Å². The summed E-state index contributed by atoms with van der Waals surface area (Å²) in [5, 5.41) is 11.7. The van der Waals surface area contributed by atoms with E-state index in [4.69, 9.17) is 16.0 Å². The Balaban J connectivity index is 1.75. The summed E-state index contributed by atoms with van der Waals surface area (Å²) < 4.78 is 5.42. The normalized spacial score (nSPS) is 10.9. The summed E-state index contributed by atoms with van der Waals surface area (Å²) in [7, 11) is 0. The number of halogens is 1. The SMILES string of the molecule is CC(C)c1nnc(SCC(=O)NCc2ccc(Cl)cc2)o1. The topological polar surface area (TPSA) is 68.0 Å². The number of carbonyl (C=O) groups excluding carboxylic acids is 1. The van der Waals surface area contributed by atoms with Gasteiger partial charge in [0, 0.05) is 17.5 Å². The Kier molecular flexibility index (Phi) is 5.64. The molecule has 112 valence electrons. The predicted octanol–water partition coefficient (Wildman–Crippen LogP) is 3.25. The van der Waals surface area contributed by atoms with Crippen LogP contribution in [0.3, 0.4) is 0 Å². The number of benzene rings is 1. The number of hydrogen-bond acceptors (Lipinski definition) is 5. The second-order valence-electron chi connectivity index (χ2n) is 4.75. The molecule has 0 bridgehead atoms. The number of carbonyl (C=O) groups is 1. The van der Waals surface area contributed by atoms with Crippen LogP contribution >= 0.6 is 23.4 Å². The maximum Gasteiger partial charge on any atom is 0.277 e. The van der Waals surface area contributed by atoms with Gasteiger partial charge in [-0.05, 0) is 17.7 Å². The lowest BCUT2D eigenvalue weighted by molar-refractivity contribution is -0.118. The maximum atomic E-state index is 11.7. The van der Waals surface area contributed by atoms with Crippen LogP contribution in [-0.2, 0) is 11.3 Å². The third kappa shape index (κ3) is 5.06. The lowest BCUT2D eigenvalue weighted by Gasteiger charge is -2.04. The van der Waals surface area contributed by atoms with E-state index >= 15 is 0 Å². The van der Waals surface area contributed by atoms with Crippen LogP contribution < -0.4 is 5.32 Å². The van der Waals surface area contributed by atoms with Crippen LogP contribution in [0, 0.1) is 0 Å². The van der Waals surface area contributed by atoms with Crippen molar-refractivity contribution in [1.29, 1.82) is 0 Å². The van der Waals surface area contributed by atoms with Gasteiger partial charge in [0.1, 0.15) is 0 Å². The number of nitrogens with one attached hydrogen (secondary N) is 1. The van der Waals surface area contributed by atoms with Gasteiger partial charge >= 0.3 is 0 Å². The van der Waals surface area contributed by atoms with Gasteiger partial charge in [-0.1, -0.05) is 49.3 Å². The quantitative estimate of drug-likeness (QED) is 0.826. The molecule has 5 nitrogen and oxygen atoms in total. The molecule has 0 spiro atoms. The van der Waals surface area contributed by atoms with E-state index < -0.39 is 0 Å². The fraction of sp³-hybridized carbons (Fsp3) is 0.357. The first-order chi connectivity index (χ1) is 10.0. The summed E-state index contributed by atoms with van der Waals surface area (Å²) in [6, 6.07) is 7.35. The molecule has 0 unspecified atom stereocenters. The highest BCUT2D eigenvalue weighted by Crippen LogP contribution is 2.19. The summed E-state index contributed by atoms with van der Waals surface area (Å²) in [6.45, 7) is 4.42. The predicted molar refractivity (Wildman–Crippen MR) is 82.4 cm³/mol.